The molecule has 0 saturated heterocycles. The van der Waals surface area contributed by atoms with Gasteiger partial charge in [-0.25, -0.2) is 0 Å². The van der Waals surface area contributed by atoms with Crippen LogP contribution in [0.1, 0.15) is 32.6 Å². The predicted molar refractivity (Wildman–Crippen MR) is 83.2 cm³/mol. The summed E-state index contributed by atoms with van der Waals surface area (Å²) in [5.41, 5.74) is 0. The number of nitrogens with one attached hydrogen (secondary N) is 1. The van der Waals surface area contributed by atoms with Crippen molar-refractivity contribution in [3.8, 4) is 0 Å². The minimum Gasteiger partial charge on any atom is -0.481 e. The molecular weight excluding hydrogens is 288 g/mol. The Morgan fingerprint density at radius 2 is 2.05 bits per heavy atom. The summed E-state index contributed by atoms with van der Waals surface area (Å²) in [6, 6.07) is 3.74. The van der Waals surface area contributed by atoms with Crippen molar-refractivity contribution in [3.05, 3.63) is 24.5 Å². The number of amides is 1. The summed E-state index contributed by atoms with van der Waals surface area (Å²) >= 11 is 1.48. The van der Waals surface area contributed by atoms with Gasteiger partial charge in [0.05, 0.1) is 5.75 Å². The molecular formula is C15H22N2O3S. The Morgan fingerprint density at radius 1 is 1.33 bits per heavy atom. The van der Waals surface area contributed by atoms with Crippen LogP contribution in [0.2, 0.25) is 0 Å². The van der Waals surface area contributed by atoms with E-state index in [1.54, 1.807) is 12.4 Å². The average Bonchev–Trinajstić information content (AvgIpc) is 2.49. The highest BCUT2D eigenvalue weighted by atomic mass is 32.2. The van der Waals surface area contributed by atoms with Gasteiger partial charge in [-0.15, -0.1) is 11.8 Å². The van der Waals surface area contributed by atoms with Gasteiger partial charge < -0.3 is 10.4 Å². The third kappa shape index (κ3) is 8.34. The fourth-order valence-electron chi connectivity index (χ4n) is 1.93. The number of hydrogen-bond acceptors (Lipinski definition) is 4. The highest BCUT2D eigenvalue weighted by Crippen LogP contribution is 2.16. The van der Waals surface area contributed by atoms with Gasteiger partial charge in [-0.1, -0.05) is 13.3 Å². The van der Waals surface area contributed by atoms with Crippen LogP contribution < -0.4 is 5.32 Å². The number of thioether (sulfide) groups is 1. The molecule has 1 amide bonds. The Kier molecular flexibility index (Phi) is 8.50. The largest absolute Gasteiger partial charge is 0.481 e. The Hall–Kier alpha value is -1.56. The molecule has 0 saturated carbocycles. The molecule has 21 heavy (non-hydrogen) atoms. The Balaban J connectivity index is 2.16. The van der Waals surface area contributed by atoms with Crippen LogP contribution in [0.4, 0.5) is 0 Å². The van der Waals surface area contributed by atoms with Crippen molar-refractivity contribution in [3.63, 3.8) is 0 Å². The lowest BCUT2D eigenvalue weighted by Crippen LogP contribution is -2.27. The molecule has 116 valence electrons. The number of carbonyl (C=O) groups excluding carboxylic acids is 1. The van der Waals surface area contributed by atoms with E-state index in [1.165, 1.54) is 11.8 Å². The maximum atomic E-state index is 11.7. The second-order valence-corrected chi connectivity index (χ2v) is 5.87. The lowest BCUT2D eigenvalue weighted by molar-refractivity contribution is -0.137. The van der Waals surface area contributed by atoms with E-state index >= 15 is 0 Å². The SMILES string of the molecule is CCC(CCNC(=O)CSc1ccncc1)CCC(=O)O. The summed E-state index contributed by atoms with van der Waals surface area (Å²) in [4.78, 5) is 27.2. The first-order valence-corrected chi connectivity index (χ1v) is 8.11. The number of nitrogens with zero attached hydrogens (tertiary/aromatic N) is 1. The standard InChI is InChI=1S/C15H22N2O3S/c1-2-12(3-4-15(19)20)5-10-17-14(18)11-21-13-6-8-16-9-7-13/h6-9,12H,2-5,10-11H2,1H3,(H,17,18)(H,19,20). The number of carboxylic acids is 1. The summed E-state index contributed by atoms with van der Waals surface area (Å²) in [5.74, 6) is -0.0129. The number of aromatic nitrogens is 1. The van der Waals surface area contributed by atoms with Gasteiger partial charge in [-0.2, -0.15) is 0 Å². The van der Waals surface area contributed by atoms with Crippen molar-refractivity contribution in [1.29, 1.82) is 0 Å². The van der Waals surface area contributed by atoms with E-state index in [1.807, 2.05) is 19.1 Å². The maximum absolute atomic E-state index is 11.7. The van der Waals surface area contributed by atoms with Gasteiger partial charge in [0.15, 0.2) is 0 Å². The van der Waals surface area contributed by atoms with Gasteiger partial charge in [0.25, 0.3) is 0 Å². The van der Waals surface area contributed by atoms with Crippen LogP contribution in [0, 0.1) is 5.92 Å². The predicted octanol–water partition coefficient (Wildman–Crippen LogP) is 2.57. The van der Waals surface area contributed by atoms with Crippen LogP contribution in [0.15, 0.2) is 29.4 Å². The first-order chi connectivity index (χ1) is 10.1. The quantitative estimate of drug-likeness (QED) is 0.649. The maximum Gasteiger partial charge on any atom is 0.303 e. The molecule has 0 aliphatic rings. The monoisotopic (exact) mass is 310 g/mol. The highest BCUT2D eigenvalue weighted by molar-refractivity contribution is 8.00. The van der Waals surface area contributed by atoms with E-state index in [9.17, 15) is 9.59 Å². The zero-order chi connectivity index (χ0) is 15.5. The van der Waals surface area contributed by atoms with Gasteiger partial charge in [0.1, 0.15) is 0 Å². The van der Waals surface area contributed by atoms with Crippen molar-refractivity contribution in [1.82, 2.24) is 10.3 Å². The lowest BCUT2D eigenvalue weighted by atomic mass is 9.97. The van der Waals surface area contributed by atoms with Gasteiger partial charge in [-0.05, 0) is 30.9 Å². The van der Waals surface area contributed by atoms with Crippen LogP contribution in [0.25, 0.3) is 0 Å². The van der Waals surface area contributed by atoms with E-state index in [4.69, 9.17) is 5.11 Å². The number of rotatable bonds is 10. The van der Waals surface area contributed by atoms with Crippen LogP contribution >= 0.6 is 11.8 Å². The number of pyridine rings is 1. The molecule has 0 aromatic carbocycles. The average molecular weight is 310 g/mol. The summed E-state index contributed by atoms with van der Waals surface area (Å²) < 4.78 is 0. The minimum absolute atomic E-state index is 0.00454. The van der Waals surface area contributed by atoms with Crippen LogP contribution in [-0.2, 0) is 9.59 Å². The van der Waals surface area contributed by atoms with Gasteiger partial charge in [-0.3, -0.25) is 14.6 Å². The molecule has 0 bridgehead atoms. The van der Waals surface area contributed by atoms with Crippen molar-refractivity contribution >= 4 is 23.6 Å². The van der Waals surface area contributed by atoms with E-state index in [0.717, 1.165) is 17.7 Å². The van der Waals surface area contributed by atoms with E-state index < -0.39 is 5.97 Å². The lowest BCUT2D eigenvalue weighted by Gasteiger charge is -2.13. The summed E-state index contributed by atoms with van der Waals surface area (Å²) in [6.07, 6.45) is 6.05. The summed E-state index contributed by atoms with van der Waals surface area (Å²) in [7, 11) is 0. The highest BCUT2D eigenvalue weighted by Gasteiger charge is 2.09. The molecule has 2 N–H and O–H groups in total. The first kappa shape index (κ1) is 17.5. The van der Waals surface area contributed by atoms with Crippen LogP contribution in [0.5, 0.6) is 0 Å². The third-order valence-electron chi connectivity index (χ3n) is 3.24. The molecule has 6 heteroatoms. The Bertz CT molecular complexity index is 440. The summed E-state index contributed by atoms with van der Waals surface area (Å²) in [6.45, 7) is 2.65. The van der Waals surface area contributed by atoms with Crippen molar-refractivity contribution < 1.29 is 14.7 Å². The zero-order valence-corrected chi connectivity index (χ0v) is 13.1. The van der Waals surface area contributed by atoms with E-state index in [2.05, 4.69) is 10.3 Å². The van der Waals surface area contributed by atoms with Crippen molar-refractivity contribution in [2.24, 2.45) is 5.92 Å². The third-order valence-corrected chi connectivity index (χ3v) is 4.25. The summed E-state index contributed by atoms with van der Waals surface area (Å²) in [5, 5.41) is 11.6. The van der Waals surface area contributed by atoms with E-state index in [0.29, 0.717) is 24.6 Å². The van der Waals surface area contributed by atoms with Crippen LogP contribution in [0.3, 0.4) is 0 Å². The number of aliphatic carboxylic acids is 1. The second kappa shape index (κ2) is 10.2. The molecule has 1 heterocycles. The molecule has 1 unspecified atom stereocenters. The molecule has 5 nitrogen and oxygen atoms in total. The van der Waals surface area contributed by atoms with Gasteiger partial charge >= 0.3 is 5.97 Å². The molecule has 0 aliphatic carbocycles. The van der Waals surface area contributed by atoms with Crippen LogP contribution in [-0.4, -0.2) is 34.3 Å². The molecule has 1 aromatic heterocycles. The first-order valence-electron chi connectivity index (χ1n) is 7.13. The molecule has 1 rings (SSSR count). The van der Waals surface area contributed by atoms with Crippen molar-refractivity contribution in [2.75, 3.05) is 12.3 Å². The molecule has 0 spiro atoms. The molecule has 1 atom stereocenters. The second-order valence-electron chi connectivity index (χ2n) is 4.82. The fourth-order valence-corrected chi connectivity index (χ4v) is 2.64. The fraction of sp³-hybridized carbons (Fsp3) is 0.533. The van der Waals surface area contributed by atoms with Gasteiger partial charge in [0.2, 0.25) is 5.91 Å². The Morgan fingerprint density at radius 3 is 2.67 bits per heavy atom. The Labute approximate surface area is 129 Å². The van der Waals surface area contributed by atoms with Gasteiger partial charge in [0, 0.05) is 30.3 Å². The normalized spacial score (nSPS) is 11.9. The molecule has 0 radical (unpaired) electrons. The number of carbonyl (C=O) groups is 2. The number of hydrogen-bond donors (Lipinski definition) is 2. The number of carboxylic acid groups (broad SMARTS) is 1. The van der Waals surface area contributed by atoms with Crippen molar-refractivity contribution in [2.45, 2.75) is 37.5 Å². The van der Waals surface area contributed by atoms with E-state index in [-0.39, 0.29) is 12.3 Å². The molecule has 0 aliphatic heterocycles. The molecule has 0 fully saturated rings. The minimum atomic E-state index is -0.758. The zero-order valence-electron chi connectivity index (χ0n) is 12.2. The topological polar surface area (TPSA) is 79.3 Å². The molecule has 1 aromatic rings. The smallest absolute Gasteiger partial charge is 0.303 e.